The third-order valence-corrected chi connectivity index (χ3v) is 3.92. The first-order valence-corrected chi connectivity index (χ1v) is 7.08. The number of aromatic nitrogens is 1. The highest BCUT2D eigenvalue weighted by atomic mass is 35.5. The minimum Gasteiger partial charge on any atom is -0.356 e. The number of carbonyl (C=O) groups is 1. The second-order valence-corrected chi connectivity index (χ2v) is 5.40. The normalized spacial score (nSPS) is 15.2. The molecule has 1 amide bonds. The van der Waals surface area contributed by atoms with Gasteiger partial charge in [0.05, 0.1) is 5.01 Å². The van der Waals surface area contributed by atoms with Gasteiger partial charge in [-0.1, -0.05) is 0 Å². The van der Waals surface area contributed by atoms with Gasteiger partial charge < -0.3 is 10.6 Å². The summed E-state index contributed by atoms with van der Waals surface area (Å²) in [6.07, 6.45) is 5.58. The molecule has 1 aromatic heterocycles. The number of piperidine rings is 1. The van der Waals surface area contributed by atoms with Gasteiger partial charge in [0.15, 0.2) is 0 Å². The Kier molecular flexibility index (Phi) is 10.2. The van der Waals surface area contributed by atoms with Crippen molar-refractivity contribution < 1.29 is 4.79 Å². The summed E-state index contributed by atoms with van der Waals surface area (Å²) >= 11 is 1.64. The van der Waals surface area contributed by atoms with Gasteiger partial charge in [-0.05, 0) is 31.8 Å². The van der Waals surface area contributed by atoms with E-state index in [2.05, 4.69) is 15.6 Å². The number of nitrogens with one attached hydrogen (secondary N) is 2. The predicted molar refractivity (Wildman–Crippen MR) is 83.5 cm³/mol. The smallest absolute Gasteiger partial charge is 0.220 e. The second-order valence-electron chi connectivity index (χ2n) is 4.42. The first-order chi connectivity index (χ1) is 8.34. The van der Waals surface area contributed by atoms with Crippen LogP contribution in [0.3, 0.4) is 0 Å². The maximum Gasteiger partial charge on any atom is 0.220 e. The van der Waals surface area contributed by atoms with E-state index in [1.165, 1.54) is 0 Å². The second kappa shape index (κ2) is 10.4. The van der Waals surface area contributed by atoms with Gasteiger partial charge in [0.2, 0.25) is 5.91 Å². The Bertz CT molecular complexity index is 343. The summed E-state index contributed by atoms with van der Waals surface area (Å²) in [4.78, 5) is 15.9. The molecule has 7 heteroatoms. The average Bonchev–Trinajstić information content (AvgIpc) is 2.83. The van der Waals surface area contributed by atoms with E-state index < -0.39 is 0 Å². The molecule has 4 nitrogen and oxygen atoms in total. The third-order valence-electron chi connectivity index (χ3n) is 3.08. The van der Waals surface area contributed by atoms with Crippen molar-refractivity contribution in [2.45, 2.75) is 25.7 Å². The zero-order valence-corrected chi connectivity index (χ0v) is 13.2. The molecule has 0 aliphatic carbocycles. The van der Waals surface area contributed by atoms with Gasteiger partial charge in [0.25, 0.3) is 0 Å². The largest absolute Gasteiger partial charge is 0.356 e. The standard InChI is InChI=1S/C12H19N3OS.2ClH/c16-11(9-10-1-4-13-5-2-10)14-6-3-12-15-7-8-17-12;;/h7-8,10,13H,1-6,9H2,(H,14,16);2*1H. The van der Waals surface area contributed by atoms with Crippen LogP contribution in [0.5, 0.6) is 0 Å². The monoisotopic (exact) mass is 325 g/mol. The molecule has 0 atom stereocenters. The Morgan fingerprint density at radius 2 is 2.16 bits per heavy atom. The summed E-state index contributed by atoms with van der Waals surface area (Å²) in [5.74, 6) is 0.754. The minimum absolute atomic E-state index is 0. The number of amides is 1. The number of carbonyl (C=O) groups excluding carboxylic acids is 1. The molecule has 1 aliphatic heterocycles. The zero-order chi connectivity index (χ0) is 11.9. The molecule has 1 saturated heterocycles. The van der Waals surface area contributed by atoms with Gasteiger partial charge in [-0.15, -0.1) is 36.2 Å². The predicted octanol–water partition coefficient (Wildman–Crippen LogP) is 2.04. The van der Waals surface area contributed by atoms with Gasteiger partial charge in [-0.25, -0.2) is 4.98 Å². The molecule has 1 aromatic rings. The van der Waals surface area contributed by atoms with Crippen molar-refractivity contribution in [2.24, 2.45) is 5.92 Å². The average molecular weight is 326 g/mol. The highest BCUT2D eigenvalue weighted by Crippen LogP contribution is 2.15. The fraction of sp³-hybridized carbons (Fsp3) is 0.667. The summed E-state index contributed by atoms with van der Waals surface area (Å²) < 4.78 is 0. The topological polar surface area (TPSA) is 54.0 Å². The van der Waals surface area contributed by atoms with E-state index in [1.807, 2.05) is 5.38 Å². The molecule has 0 aromatic carbocycles. The summed E-state index contributed by atoms with van der Waals surface area (Å²) in [6, 6.07) is 0. The molecule has 0 unspecified atom stereocenters. The van der Waals surface area contributed by atoms with Crippen LogP contribution in [0, 0.1) is 5.92 Å². The van der Waals surface area contributed by atoms with Crippen molar-refractivity contribution >= 4 is 42.1 Å². The number of rotatable bonds is 5. The van der Waals surface area contributed by atoms with E-state index in [1.54, 1.807) is 17.5 Å². The van der Waals surface area contributed by atoms with E-state index in [9.17, 15) is 4.79 Å². The van der Waals surface area contributed by atoms with E-state index in [0.717, 1.165) is 37.4 Å². The minimum atomic E-state index is 0. The lowest BCUT2D eigenvalue weighted by Crippen LogP contribution is -2.32. The molecule has 2 heterocycles. The summed E-state index contributed by atoms with van der Waals surface area (Å²) in [5, 5.41) is 9.34. The van der Waals surface area contributed by atoms with E-state index in [4.69, 9.17) is 0 Å². The zero-order valence-electron chi connectivity index (χ0n) is 10.8. The van der Waals surface area contributed by atoms with Crippen molar-refractivity contribution in [3.8, 4) is 0 Å². The first kappa shape index (κ1) is 18.6. The fourth-order valence-corrected chi connectivity index (χ4v) is 2.73. The SMILES string of the molecule is Cl.Cl.O=C(CC1CCNCC1)NCCc1nccs1. The molecular weight excluding hydrogens is 305 g/mol. The van der Waals surface area contributed by atoms with E-state index in [0.29, 0.717) is 18.9 Å². The Morgan fingerprint density at radius 1 is 1.42 bits per heavy atom. The van der Waals surface area contributed by atoms with Crippen molar-refractivity contribution in [1.29, 1.82) is 0 Å². The summed E-state index contributed by atoms with van der Waals surface area (Å²) in [6.45, 7) is 2.81. The van der Waals surface area contributed by atoms with E-state index >= 15 is 0 Å². The number of hydrogen-bond acceptors (Lipinski definition) is 4. The molecule has 19 heavy (non-hydrogen) atoms. The van der Waals surface area contributed by atoms with Crippen molar-refractivity contribution in [2.75, 3.05) is 19.6 Å². The first-order valence-electron chi connectivity index (χ1n) is 6.20. The van der Waals surface area contributed by atoms with Crippen molar-refractivity contribution in [3.63, 3.8) is 0 Å². The quantitative estimate of drug-likeness (QED) is 0.871. The molecule has 0 saturated carbocycles. The number of thiazole rings is 1. The number of nitrogens with zero attached hydrogens (tertiary/aromatic N) is 1. The van der Waals surface area contributed by atoms with Crippen LogP contribution >= 0.6 is 36.2 Å². The molecule has 110 valence electrons. The highest BCUT2D eigenvalue weighted by Gasteiger charge is 2.16. The van der Waals surface area contributed by atoms with Crippen molar-refractivity contribution in [1.82, 2.24) is 15.6 Å². The van der Waals surface area contributed by atoms with Crippen LogP contribution in [0.1, 0.15) is 24.3 Å². The van der Waals surface area contributed by atoms with Crippen LogP contribution < -0.4 is 10.6 Å². The maximum atomic E-state index is 11.7. The molecule has 0 spiro atoms. The van der Waals surface area contributed by atoms with Crippen LogP contribution in [0.25, 0.3) is 0 Å². The lowest BCUT2D eigenvalue weighted by atomic mass is 9.94. The Balaban J connectivity index is 0.00000162. The van der Waals surface area contributed by atoms with Crippen LogP contribution in [0.4, 0.5) is 0 Å². The molecule has 2 N–H and O–H groups in total. The molecule has 2 rings (SSSR count). The van der Waals surface area contributed by atoms with Gasteiger partial charge in [-0.2, -0.15) is 0 Å². The Labute approximate surface area is 130 Å². The number of halogens is 2. The molecule has 0 bridgehead atoms. The Hall–Kier alpha value is -0.360. The Morgan fingerprint density at radius 3 is 2.79 bits per heavy atom. The lowest BCUT2D eigenvalue weighted by Gasteiger charge is -2.21. The van der Waals surface area contributed by atoms with Crippen molar-refractivity contribution in [3.05, 3.63) is 16.6 Å². The fourth-order valence-electron chi connectivity index (χ4n) is 2.11. The third kappa shape index (κ3) is 7.11. The maximum absolute atomic E-state index is 11.7. The molecular formula is C12H21Cl2N3OS. The molecule has 1 fully saturated rings. The molecule has 1 aliphatic rings. The lowest BCUT2D eigenvalue weighted by molar-refractivity contribution is -0.122. The van der Waals surface area contributed by atoms with Gasteiger partial charge in [0, 0.05) is 31.0 Å². The van der Waals surface area contributed by atoms with Crippen LogP contribution in [-0.4, -0.2) is 30.5 Å². The van der Waals surface area contributed by atoms with Crippen LogP contribution in [-0.2, 0) is 11.2 Å². The van der Waals surface area contributed by atoms with E-state index in [-0.39, 0.29) is 30.7 Å². The highest BCUT2D eigenvalue weighted by molar-refractivity contribution is 7.09. The molecule has 0 radical (unpaired) electrons. The summed E-state index contributed by atoms with van der Waals surface area (Å²) in [5.41, 5.74) is 0. The van der Waals surface area contributed by atoms with Crippen LogP contribution in [0.2, 0.25) is 0 Å². The number of hydrogen-bond donors (Lipinski definition) is 2. The van der Waals surface area contributed by atoms with Gasteiger partial charge >= 0.3 is 0 Å². The van der Waals surface area contributed by atoms with Gasteiger partial charge in [0.1, 0.15) is 0 Å². The van der Waals surface area contributed by atoms with Gasteiger partial charge in [-0.3, -0.25) is 4.79 Å². The van der Waals surface area contributed by atoms with Crippen LogP contribution in [0.15, 0.2) is 11.6 Å². The summed E-state index contributed by atoms with van der Waals surface area (Å²) in [7, 11) is 0.